The van der Waals surface area contributed by atoms with E-state index in [0.717, 1.165) is 37.2 Å². The van der Waals surface area contributed by atoms with Crippen LogP contribution in [0.3, 0.4) is 0 Å². The molecule has 0 atom stereocenters. The number of phenols is 1. The molecule has 2 amide bonds. The van der Waals surface area contributed by atoms with Crippen LogP contribution < -0.4 is 5.32 Å². The summed E-state index contributed by atoms with van der Waals surface area (Å²) in [6.45, 7) is 4.76. The molecule has 7 nitrogen and oxygen atoms in total. The molecule has 2 aliphatic heterocycles. The first kappa shape index (κ1) is 26.1. The molecule has 1 saturated heterocycles. The molecule has 0 radical (unpaired) electrons. The molecular weight excluding hydrogens is 490 g/mol. The lowest BCUT2D eigenvalue weighted by Crippen LogP contribution is -2.48. The summed E-state index contributed by atoms with van der Waals surface area (Å²) in [6.07, 6.45) is 6.00. The van der Waals surface area contributed by atoms with E-state index >= 15 is 0 Å². The SMILES string of the molecule is CC(=O)Nc1ccc(-c2cccc(/C3=C/C(N4CCN(C(=O)c5ccccc5)CC4)=C/CCCO3)c2O)cc1. The molecule has 0 saturated carbocycles. The summed E-state index contributed by atoms with van der Waals surface area (Å²) in [7, 11) is 0. The van der Waals surface area contributed by atoms with Crippen LogP contribution in [0.5, 0.6) is 5.75 Å². The summed E-state index contributed by atoms with van der Waals surface area (Å²) < 4.78 is 6.16. The molecule has 2 aliphatic rings. The molecule has 0 aliphatic carbocycles. The van der Waals surface area contributed by atoms with E-state index in [1.54, 1.807) is 0 Å². The number of amides is 2. The maximum atomic E-state index is 12.9. The number of rotatable bonds is 5. The fourth-order valence-electron chi connectivity index (χ4n) is 4.97. The number of allylic oxidation sites excluding steroid dienone is 2. The van der Waals surface area contributed by atoms with Crippen LogP contribution in [-0.4, -0.2) is 59.5 Å². The molecular formula is C32H33N3O4. The molecule has 3 aromatic carbocycles. The van der Waals surface area contributed by atoms with Crippen molar-refractivity contribution in [2.75, 3.05) is 38.1 Å². The van der Waals surface area contributed by atoms with Crippen LogP contribution in [0.4, 0.5) is 5.69 Å². The Morgan fingerprint density at radius 2 is 1.59 bits per heavy atom. The van der Waals surface area contributed by atoms with Crippen molar-refractivity contribution in [2.45, 2.75) is 19.8 Å². The molecule has 0 unspecified atom stereocenters. The van der Waals surface area contributed by atoms with E-state index in [1.165, 1.54) is 6.92 Å². The van der Waals surface area contributed by atoms with Crippen molar-refractivity contribution in [3.8, 4) is 16.9 Å². The lowest BCUT2D eigenvalue weighted by Gasteiger charge is -2.37. The Morgan fingerprint density at radius 1 is 0.872 bits per heavy atom. The van der Waals surface area contributed by atoms with Crippen LogP contribution in [0.25, 0.3) is 16.9 Å². The fraction of sp³-hybridized carbons (Fsp3) is 0.250. The second-order valence-electron chi connectivity index (χ2n) is 9.73. The summed E-state index contributed by atoms with van der Waals surface area (Å²) in [4.78, 5) is 28.4. The van der Waals surface area contributed by atoms with Crippen LogP contribution >= 0.6 is 0 Å². The average molecular weight is 524 g/mol. The largest absolute Gasteiger partial charge is 0.507 e. The zero-order chi connectivity index (χ0) is 27.2. The highest BCUT2D eigenvalue weighted by molar-refractivity contribution is 5.94. The van der Waals surface area contributed by atoms with E-state index in [4.69, 9.17) is 4.74 Å². The van der Waals surface area contributed by atoms with Gasteiger partial charge < -0.3 is 25.0 Å². The normalized spacial score (nSPS) is 18.5. The van der Waals surface area contributed by atoms with Crippen LogP contribution in [0.15, 0.2) is 90.6 Å². The molecule has 1 fully saturated rings. The van der Waals surface area contributed by atoms with Gasteiger partial charge in [0.2, 0.25) is 5.91 Å². The van der Waals surface area contributed by atoms with Gasteiger partial charge in [0.25, 0.3) is 5.91 Å². The van der Waals surface area contributed by atoms with E-state index in [9.17, 15) is 14.7 Å². The van der Waals surface area contributed by atoms with E-state index < -0.39 is 0 Å². The van der Waals surface area contributed by atoms with Gasteiger partial charge in [-0.3, -0.25) is 9.59 Å². The number of nitrogens with one attached hydrogen (secondary N) is 1. The minimum absolute atomic E-state index is 0.0632. The summed E-state index contributed by atoms with van der Waals surface area (Å²) in [5.74, 6) is 0.703. The van der Waals surface area contributed by atoms with Crippen molar-refractivity contribution in [1.29, 1.82) is 0 Å². The second-order valence-corrected chi connectivity index (χ2v) is 9.73. The third-order valence-corrected chi connectivity index (χ3v) is 7.01. The van der Waals surface area contributed by atoms with Crippen molar-refractivity contribution >= 4 is 23.3 Å². The standard InChI is InChI=1S/C32H33N3O4/c1-23(36)33-26-15-13-24(14-16-26)28-11-7-12-29(31(28)37)30-22-27(10-5-6-21-39-30)34-17-19-35(20-18-34)32(38)25-8-3-2-4-9-25/h2-4,7-16,22,37H,5-6,17-21H2,1H3,(H,33,36)/b27-10-,30-22-. The van der Waals surface area contributed by atoms with Gasteiger partial charge in [-0.15, -0.1) is 0 Å². The van der Waals surface area contributed by atoms with E-state index in [-0.39, 0.29) is 17.6 Å². The van der Waals surface area contributed by atoms with Crippen molar-refractivity contribution in [2.24, 2.45) is 0 Å². The minimum Gasteiger partial charge on any atom is -0.507 e. The van der Waals surface area contributed by atoms with Gasteiger partial charge in [-0.05, 0) is 48.7 Å². The topological polar surface area (TPSA) is 82.1 Å². The van der Waals surface area contributed by atoms with Gasteiger partial charge in [-0.2, -0.15) is 0 Å². The van der Waals surface area contributed by atoms with Crippen LogP contribution in [0.1, 0.15) is 35.7 Å². The summed E-state index contributed by atoms with van der Waals surface area (Å²) in [6, 6.07) is 22.4. The molecule has 0 aromatic heterocycles. The predicted molar refractivity (Wildman–Crippen MR) is 153 cm³/mol. The number of ether oxygens (including phenoxy) is 1. The van der Waals surface area contributed by atoms with E-state index in [1.807, 2.05) is 83.8 Å². The lowest BCUT2D eigenvalue weighted by molar-refractivity contribution is -0.114. The van der Waals surface area contributed by atoms with Gasteiger partial charge in [0.15, 0.2) is 0 Å². The van der Waals surface area contributed by atoms with Gasteiger partial charge >= 0.3 is 0 Å². The Kier molecular flexibility index (Phi) is 7.96. The molecule has 2 N–H and O–H groups in total. The van der Waals surface area contributed by atoms with Gasteiger partial charge in [0, 0.05) is 61.7 Å². The fourth-order valence-corrected chi connectivity index (χ4v) is 4.97. The molecule has 0 bridgehead atoms. The molecule has 3 aromatic rings. The predicted octanol–water partition coefficient (Wildman–Crippen LogP) is 5.51. The second kappa shape index (κ2) is 11.9. The molecule has 39 heavy (non-hydrogen) atoms. The summed E-state index contributed by atoms with van der Waals surface area (Å²) in [5.41, 5.74) is 4.61. The van der Waals surface area contributed by atoms with Crippen molar-refractivity contribution in [1.82, 2.24) is 9.80 Å². The number of anilines is 1. The van der Waals surface area contributed by atoms with Crippen LogP contribution in [0.2, 0.25) is 0 Å². The Hall–Kier alpha value is -4.52. The molecule has 5 rings (SSSR count). The average Bonchev–Trinajstić information content (AvgIpc) is 2.94. The minimum atomic E-state index is -0.131. The summed E-state index contributed by atoms with van der Waals surface area (Å²) in [5, 5.41) is 14.1. The monoisotopic (exact) mass is 523 g/mol. The number of aromatic hydroxyl groups is 1. The van der Waals surface area contributed by atoms with Gasteiger partial charge in [-0.1, -0.05) is 48.5 Å². The zero-order valence-corrected chi connectivity index (χ0v) is 22.1. The highest BCUT2D eigenvalue weighted by Gasteiger charge is 2.24. The molecule has 0 spiro atoms. The first-order chi connectivity index (χ1) is 19.0. The smallest absolute Gasteiger partial charge is 0.253 e. The lowest BCUT2D eigenvalue weighted by atomic mass is 9.99. The number of carbonyl (C=O) groups excluding carboxylic acids is 2. The number of piperazine rings is 1. The highest BCUT2D eigenvalue weighted by atomic mass is 16.5. The molecule has 7 heteroatoms. The number of benzene rings is 3. The molecule has 200 valence electrons. The van der Waals surface area contributed by atoms with Crippen LogP contribution in [0, 0.1) is 0 Å². The number of nitrogens with zero attached hydrogens (tertiary/aromatic N) is 2. The number of hydrogen-bond acceptors (Lipinski definition) is 5. The molecule has 2 heterocycles. The van der Waals surface area contributed by atoms with Crippen molar-refractivity contribution in [3.63, 3.8) is 0 Å². The maximum absolute atomic E-state index is 12.9. The van der Waals surface area contributed by atoms with Gasteiger partial charge in [-0.25, -0.2) is 0 Å². The Bertz CT molecular complexity index is 1390. The third kappa shape index (κ3) is 6.14. The first-order valence-electron chi connectivity index (χ1n) is 13.3. The van der Waals surface area contributed by atoms with Crippen molar-refractivity contribution < 1.29 is 19.4 Å². The Morgan fingerprint density at radius 3 is 2.31 bits per heavy atom. The van der Waals surface area contributed by atoms with E-state index in [2.05, 4.69) is 16.3 Å². The quantitative estimate of drug-likeness (QED) is 0.461. The number of phenolic OH excluding ortho intramolecular Hbond substituents is 1. The zero-order valence-electron chi connectivity index (χ0n) is 22.1. The summed E-state index contributed by atoms with van der Waals surface area (Å²) >= 11 is 0. The number of para-hydroxylation sites is 1. The number of hydrogen-bond donors (Lipinski definition) is 2. The third-order valence-electron chi connectivity index (χ3n) is 7.01. The first-order valence-corrected chi connectivity index (χ1v) is 13.3. The Balaban J connectivity index is 1.35. The number of carbonyl (C=O) groups is 2. The van der Waals surface area contributed by atoms with E-state index in [0.29, 0.717) is 47.8 Å². The van der Waals surface area contributed by atoms with Crippen LogP contribution in [-0.2, 0) is 9.53 Å². The highest BCUT2D eigenvalue weighted by Crippen LogP contribution is 2.37. The maximum Gasteiger partial charge on any atom is 0.253 e. The Labute approximate surface area is 229 Å². The van der Waals surface area contributed by atoms with Gasteiger partial charge in [0.05, 0.1) is 12.2 Å². The van der Waals surface area contributed by atoms with Crippen molar-refractivity contribution in [3.05, 3.63) is 102 Å². The van der Waals surface area contributed by atoms with Gasteiger partial charge in [0.1, 0.15) is 11.5 Å².